The van der Waals surface area contributed by atoms with Crippen molar-refractivity contribution in [1.82, 2.24) is 0 Å². The Labute approximate surface area is 143 Å². The van der Waals surface area contributed by atoms with Crippen LogP contribution >= 0.6 is 0 Å². The highest BCUT2D eigenvalue weighted by molar-refractivity contribution is 5.23. The minimum Gasteiger partial charge on any atom is -0.372 e. The zero-order valence-electron chi connectivity index (χ0n) is 13.2. The third kappa shape index (κ3) is 6.83. The molecule has 0 atom stereocenters. The first-order valence-corrected chi connectivity index (χ1v) is 7.31. The maximum Gasteiger partial charge on any atom is 0.294 e. The van der Waals surface area contributed by atoms with E-state index in [4.69, 9.17) is 4.74 Å². The Morgan fingerprint density at radius 2 is 1.04 bits per heavy atom. The second-order valence-electron chi connectivity index (χ2n) is 5.13. The van der Waals surface area contributed by atoms with E-state index in [2.05, 4.69) is 9.68 Å². The van der Waals surface area contributed by atoms with Gasteiger partial charge in [-0.15, -0.1) is 20.2 Å². The van der Waals surface area contributed by atoms with Gasteiger partial charge in [-0.3, -0.25) is 0 Å². The fraction of sp³-hybridized carbons (Fsp3) is 0.250. The molecule has 0 aromatic heterocycles. The molecule has 0 spiro atoms. The van der Waals surface area contributed by atoms with Gasteiger partial charge in [-0.2, -0.15) is 0 Å². The summed E-state index contributed by atoms with van der Waals surface area (Å²) < 4.78 is 5.62. The van der Waals surface area contributed by atoms with Crippen LogP contribution in [0.3, 0.4) is 0 Å². The number of hydrogen-bond acceptors (Lipinski definition) is 7. The van der Waals surface area contributed by atoms with E-state index in [1.807, 2.05) is 12.1 Å². The Morgan fingerprint density at radius 3 is 1.40 bits per heavy atom. The summed E-state index contributed by atoms with van der Waals surface area (Å²) in [5, 5.41) is 18.8. The molecule has 9 heteroatoms. The van der Waals surface area contributed by atoms with E-state index in [0.717, 1.165) is 11.1 Å². The molecule has 0 aliphatic carbocycles. The molecule has 0 radical (unpaired) electrons. The van der Waals surface area contributed by atoms with Crippen molar-refractivity contribution in [1.29, 1.82) is 0 Å². The SMILES string of the molecule is O=[N+]([O-])OCc1cccc(COCc2cccc(CO[N+](=O)[O-])c2)c1. The molecular weight excluding hydrogens is 332 g/mol. The van der Waals surface area contributed by atoms with E-state index >= 15 is 0 Å². The number of ether oxygens (including phenoxy) is 1. The fourth-order valence-electron chi connectivity index (χ4n) is 2.16. The molecule has 2 rings (SSSR count). The van der Waals surface area contributed by atoms with Gasteiger partial charge in [0.1, 0.15) is 13.2 Å². The van der Waals surface area contributed by atoms with Crippen molar-refractivity contribution >= 4 is 0 Å². The number of benzene rings is 2. The molecule has 2 aromatic rings. The highest BCUT2D eigenvalue weighted by Gasteiger charge is 2.02. The molecular formula is C16H16N2O7. The highest BCUT2D eigenvalue weighted by Crippen LogP contribution is 2.12. The third-order valence-electron chi connectivity index (χ3n) is 3.19. The first-order valence-electron chi connectivity index (χ1n) is 7.31. The third-order valence-corrected chi connectivity index (χ3v) is 3.19. The predicted octanol–water partition coefficient (Wildman–Crippen LogP) is 2.82. The van der Waals surface area contributed by atoms with Crippen molar-refractivity contribution < 1.29 is 24.6 Å². The molecule has 132 valence electrons. The van der Waals surface area contributed by atoms with Crippen LogP contribution in [0.5, 0.6) is 0 Å². The van der Waals surface area contributed by atoms with Gasteiger partial charge in [0.15, 0.2) is 0 Å². The van der Waals surface area contributed by atoms with Crippen LogP contribution in [0.15, 0.2) is 48.5 Å². The van der Waals surface area contributed by atoms with E-state index < -0.39 is 10.2 Å². The number of nitrogens with zero attached hydrogens (tertiary/aromatic N) is 2. The van der Waals surface area contributed by atoms with Crippen LogP contribution in [0.1, 0.15) is 22.3 Å². The summed E-state index contributed by atoms with van der Waals surface area (Å²) in [6, 6.07) is 14.2. The molecule has 0 aliphatic rings. The normalized spacial score (nSPS) is 10.2. The topological polar surface area (TPSA) is 114 Å². The van der Waals surface area contributed by atoms with Crippen molar-refractivity contribution in [2.45, 2.75) is 26.4 Å². The largest absolute Gasteiger partial charge is 0.372 e. The quantitative estimate of drug-likeness (QED) is 0.479. The van der Waals surface area contributed by atoms with Crippen molar-refractivity contribution in [3.63, 3.8) is 0 Å². The van der Waals surface area contributed by atoms with Crippen molar-refractivity contribution in [3.05, 3.63) is 91.0 Å². The molecule has 0 amide bonds. The van der Waals surface area contributed by atoms with Gasteiger partial charge in [-0.25, -0.2) is 0 Å². The summed E-state index contributed by atoms with van der Waals surface area (Å²) in [5.74, 6) is 0. The maximum absolute atomic E-state index is 10.2. The van der Waals surface area contributed by atoms with Crippen LogP contribution < -0.4 is 0 Å². The van der Waals surface area contributed by atoms with Crippen LogP contribution in [0.4, 0.5) is 0 Å². The summed E-state index contributed by atoms with van der Waals surface area (Å²) in [4.78, 5) is 29.1. The minimum absolute atomic E-state index is 0.112. The molecule has 2 aromatic carbocycles. The second-order valence-corrected chi connectivity index (χ2v) is 5.13. The molecule has 0 unspecified atom stereocenters. The molecule has 0 heterocycles. The van der Waals surface area contributed by atoms with Crippen LogP contribution in [0.25, 0.3) is 0 Å². The molecule has 25 heavy (non-hydrogen) atoms. The van der Waals surface area contributed by atoms with Gasteiger partial charge in [0.05, 0.1) is 13.2 Å². The van der Waals surface area contributed by atoms with Gasteiger partial charge in [0.25, 0.3) is 10.2 Å². The number of rotatable bonds is 10. The monoisotopic (exact) mass is 348 g/mol. The zero-order chi connectivity index (χ0) is 18.1. The second kappa shape index (κ2) is 9.18. The Bertz CT molecular complexity index is 674. The highest BCUT2D eigenvalue weighted by atomic mass is 17.0. The molecule has 0 saturated heterocycles. The summed E-state index contributed by atoms with van der Waals surface area (Å²) in [7, 11) is 0. The van der Waals surface area contributed by atoms with Gasteiger partial charge >= 0.3 is 0 Å². The molecule has 0 fully saturated rings. The lowest BCUT2D eigenvalue weighted by Crippen LogP contribution is -2.02. The molecule has 9 nitrogen and oxygen atoms in total. The smallest absolute Gasteiger partial charge is 0.294 e. The van der Waals surface area contributed by atoms with E-state index in [1.54, 1.807) is 36.4 Å². The summed E-state index contributed by atoms with van der Waals surface area (Å²) in [6.45, 7) is 0.419. The van der Waals surface area contributed by atoms with E-state index in [1.165, 1.54) is 0 Å². The lowest BCUT2D eigenvalue weighted by molar-refractivity contribution is -0.763. The summed E-state index contributed by atoms with van der Waals surface area (Å²) in [5.41, 5.74) is 3.07. The Morgan fingerprint density at radius 1 is 0.680 bits per heavy atom. The lowest BCUT2D eigenvalue weighted by atomic mass is 10.1. The zero-order valence-corrected chi connectivity index (χ0v) is 13.2. The first kappa shape index (κ1) is 18.1. The average Bonchev–Trinajstić information content (AvgIpc) is 2.59. The Kier molecular flexibility index (Phi) is 6.66. The maximum atomic E-state index is 10.2. The first-order chi connectivity index (χ1) is 12.0. The molecule has 0 bridgehead atoms. The van der Waals surface area contributed by atoms with Gasteiger partial charge in [-0.05, 0) is 22.3 Å². The van der Waals surface area contributed by atoms with Crippen molar-refractivity contribution in [3.8, 4) is 0 Å². The predicted molar refractivity (Wildman–Crippen MR) is 84.9 cm³/mol. The van der Waals surface area contributed by atoms with Gasteiger partial charge in [0.2, 0.25) is 0 Å². The standard InChI is InChI=1S/C16H16N2O7/c19-17(20)24-11-15-5-1-3-13(7-15)9-23-10-14-4-2-6-16(8-14)12-25-18(21)22/h1-8H,9-12H2. The summed E-state index contributed by atoms with van der Waals surface area (Å²) in [6.07, 6.45) is 0. The van der Waals surface area contributed by atoms with Crippen LogP contribution in [0, 0.1) is 20.2 Å². The van der Waals surface area contributed by atoms with E-state index in [9.17, 15) is 20.2 Å². The average molecular weight is 348 g/mol. The van der Waals surface area contributed by atoms with Crippen LogP contribution in [0.2, 0.25) is 0 Å². The van der Waals surface area contributed by atoms with Crippen LogP contribution in [-0.4, -0.2) is 10.2 Å². The van der Waals surface area contributed by atoms with Crippen molar-refractivity contribution in [2.75, 3.05) is 0 Å². The number of hydrogen-bond donors (Lipinski definition) is 0. The van der Waals surface area contributed by atoms with E-state index in [0.29, 0.717) is 24.3 Å². The lowest BCUT2D eigenvalue weighted by Gasteiger charge is -2.08. The molecule has 0 N–H and O–H groups in total. The van der Waals surface area contributed by atoms with E-state index in [-0.39, 0.29) is 13.2 Å². The Balaban J connectivity index is 1.84. The van der Waals surface area contributed by atoms with Gasteiger partial charge in [-0.1, -0.05) is 48.5 Å². The fourth-order valence-corrected chi connectivity index (χ4v) is 2.16. The molecule has 0 aliphatic heterocycles. The van der Waals surface area contributed by atoms with Crippen molar-refractivity contribution in [2.24, 2.45) is 0 Å². The Hall–Kier alpha value is -3.20. The summed E-state index contributed by atoms with van der Waals surface area (Å²) >= 11 is 0. The van der Waals surface area contributed by atoms with Crippen LogP contribution in [-0.2, 0) is 40.8 Å². The minimum atomic E-state index is -0.835. The van der Waals surface area contributed by atoms with Gasteiger partial charge in [0, 0.05) is 0 Å². The molecule has 0 saturated carbocycles. The van der Waals surface area contributed by atoms with Gasteiger partial charge < -0.3 is 14.4 Å².